The van der Waals surface area contributed by atoms with E-state index in [1.807, 2.05) is 6.92 Å². The SMILES string of the molecule is CCO/C(O[Si](C)(C)C)=C(\C)[Se]C. The summed E-state index contributed by atoms with van der Waals surface area (Å²) in [4.78, 5) is 0. The van der Waals surface area contributed by atoms with Crippen molar-refractivity contribution in [2.45, 2.75) is 39.3 Å². The van der Waals surface area contributed by atoms with Crippen molar-refractivity contribution in [2.75, 3.05) is 6.61 Å². The van der Waals surface area contributed by atoms with Crippen molar-refractivity contribution in [3.05, 3.63) is 10.4 Å². The number of ether oxygens (including phenoxy) is 1. The summed E-state index contributed by atoms with van der Waals surface area (Å²) in [5.74, 6) is 2.96. The molecule has 0 rings (SSSR count). The van der Waals surface area contributed by atoms with E-state index < -0.39 is 8.32 Å². The van der Waals surface area contributed by atoms with Crippen molar-refractivity contribution in [1.82, 2.24) is 0 Å². The van der Waals surface area contributed by atoms with E-state index >= 15 is 0 Å². The van der Waals surface area contributed by atoms with E-state index in [0.29, 0.717) is 21.6 Å². The molecule has 0 fully saturated rings. The number of rotatable bonds is 5. The molecule has 0 atom stereocenters. The Morgan fingerprint density at radius 1 is 1.31 bits per heavy atom. The van der Waals surface area contributed by atoms with Crippen LogP contribution in [0.4, 0.5) is 0 Å². The van der Waals surface area contributed by atoms with E-state index in [1.54, 1.807) is 0 Å². The molecule has 2 nitrogen and oxygen atoms in total. The fourth-order valence-corrected chi connectivity index (χ4v) is 2.19. The van der Waals surface area contributed by atoms with Gasteiger partial charge in [0.2, 0.25) is 0 Å². The summed E-state index contributed by atoms with van der Waals surface area (Å²) in [7, 11) is -1.51. The first-order chi connectivity index (χ1) is 5.90. The van der Waals surface area contributed by atoms with Gasteiger partial charge in [0.1, 0.15) is 0 Å². The first-order valence-electron chi connectivity index (χ1n) is 4.47. The van der Waals surface area contributed by atoms with Gasteiger partial charge in [0.05, 0.1) is 0 Å². The average Bonchev–Trinajstić information content (AvgIpc) is 2.00. The van der Waals surface area contributed by atoms with Gasteiger partial charge < -0.3 is 0 Å². The Morgan fingerprint density at radius 2 is 1.85 bits per heavy atom. The molecule has 0 aliphatic heterocycles. The Morgan fingerprint density at radius 3 is 2.15 bits per heavy atom. The molecular formula is C9H20O2SeSi. The molecule has 0 heterocycles. The second-order valence-corrected chi connectivity index (χ2v) is 10.3. The van der Waals surface area contributed by atoms with E-state index in [0.717, 1.165) is 5.95 Å². The average molecular weight is 267 g/mol. The Balaban J connectivity index is 4.44. The Labute approximate surface area is 89.0 Å². The molecule has 0 aliphatic rings. The zero-order valence-electron chi connectivity index (χ0n) is 9.43. The molecule has 78 valence electrons. The van der Waals surface area contributed by atoms with Crippen LogP contribution in [0.5, 0.6) is 0 Å². The van der Waals surface area contributed by atoms with Gasteiger partial charge >= 0.3 is 88.8 Å². The van der Waals surface area contributed by atoms with Crippen molar-refractivity contribution in [2.24, 2.45) is 0 Å². The van der Waals surface area contributed by atoms with E-state index in [-0.39, 0.29) is 0 Å². The van der Waals surface area contributed by atoms with Crippen LogP contribution in [-0.4, -0.2) is 29.9 Å². The van der Waals surface area contributed by atoms with E-state index in [1.165, 1.54) is 4.47 Å². The van der Waals surface area contributed by atoms with Crippen molar-refractivity contribution >= 4 is 23.3 Å². The third kappa shape index (κ3) is 6.19. The van der Waals surface area contributed by atoms with E-state index in [9.17, 15) is 0 Å². The molecule has 0 aromatic rings. The summed E-state index contributed by atoms with van der Waals surface area (Å²) in [5.41, 5.74) is 0. The Hall–Kier alpha value is 0.0764. The predicted molar refractivity (Wildman–Crippen MR) is 60.4 cm³/mol. The molecule has 0 bridgehead atoms. The first-order valence-corrected chi connectivity index (χ1v) is 10.4. The monoisotopic (exact) mass is 268 g/mol. The van der Waals surface area contributed by atoms with Crippen LogP contribution in [0, 0.1) is 0 Å². The molecule has 13 heavy (non-hydrogen) atoms. The molecule has 0 aromatic heterocycles. The summed E-state index contributed by atoms with van der Waals surface area (Å²) in [6.45, 7) is 11.3. The van der Waals surface area contributed by atoms with Gasteiger partial charge in [0.15, 0.2) is 0 Å². The van der Waals surface area contributed by atoms with Crippen LogP contribution in [0.15, 0.2) is 10.4 Å². The molecule has 0 radical (unpaired) electrons. The minimum absolute atomic E-state index is 0.476. The van der Waals surface area contributed by atoms with Gasteiger partial charge in [0, 0.05) is 0 Å². The third-order valence-corrected chi connectivity index (χ3v) is 3.70. The van der Waals surface area contributed by atoms with E-state index in [4.69, 9.17) is 9.16 Å². The standard InChI is InChI=1S/C9H20O2SeSi/c1-7-10-9(8(2)12-3)11-13(4,5)6/h7H2,1-6H3/b9-8-. The molecule has 0 amide bonds. The van der Waals surface area contributed by atoms with Crippen LogP contribution in [-0.2, 0) is 9.16 Å². The Bertz CT molecular complexity index is 185. The third-order valence-electron chi connectivity index (χ3n) is 1.27. The second-order valence-electron chi connectivity index (χ2n) is 3.70. The molecule has 4 heteroatoms. The summed E-state index contributed by atoms with van der Waals surface area (Å²) >= 11 is 0.476. The zero-order valence-corrected chi connectivity index (χ0v) is 12.1. The van der Waals surface area contributed by atoms with Crippen LogP contribution in [0.1, 0.15) is 13.8 Å². The van der Waals surface area contributed by atoms with Gasteiger partial charge in [-0.05, 0) is 0 Å². The topological polar surface area (TPSA) is 18.5 Å². The minimum atomic E-state index is -1.51. The van der Waals surface area contributed by atoms with Crippen LogP contribution < -0.4 is 0 Å². The molecule has 0 saturated heterocycles. The molecular weight excluding hydrogens is 247 g/mol. The summed E-state index contributed by atoms with van der Waals surface area (Å²) in [6, 6.07) is 0. The van der Waals surface area contributed by atoms with Crippen molar-refractivity contribution in [3.8, 4) is 0 Å². The van der Waals surface area contributed by atoms with E-state index in [2.05, 4.69) is 32.4 Å². The molecule has 0 unspecified atom stereocenters. The van der Waals surface area contributed by atoms with Crippen molar-refractivity contribution in [3.63, 3.8) is 0 Å². The van der Waals surface area contributed by atoms with Gasteiger partial charge in [-0.25, -0.2) is 0 Å². The fraction of sp³-hybridized carbons (Fsp3) is 0.778. The molecule has 0 aliphatic carbocycles. The maximum absolute atomic E-state index is 5.84. The van der Waals surface area contributed by atoms with Crippen LogP contribution >= 0.6 is 0 Å². The van der Waals surface area contributed by atoms with Crippen LogP contribution in [0.3, 0.4) is 0 Å². The maximum atomic E-state index is 5.84. The Kier molecular flexibility index (Phi) is 5.77. The molecule has 0 aromatic carbocycles. The normalized spacial score (nSPS) is 13.7. The molecule has 0 N–H and O–H groups in total. The summed E-state index contributed by atoms with van der Waals surface area (Å²) in [6.07, 6.45) is 0. The number of hydrogen-bond donors (Lipinski definition) is 0. The van der Waals surface area contributed by atoms with Crippen molar-refractivity contribution in [1.29, 1.82) is 0 Å². The van der Waals surface area contributed by atoms with Gasteiger partial charge in [-0.3, -0.25) is 0 Å². The van der Waals surface area contributed by atoms with Gasteiger partial charge in [-0.2, -0.15) is 0 Å². The quantitative estimate of drug-likeness (QED) is 0.563. The summed E-state index contributed by atoms with van der Waals surface area (Å²) in [5, 5.41) is 0. The number of allylic oxidation sites excluding steroid dienone is 1. The number of hydrogen-bond acceptors (Lipinski definition) is 2. The van der Waals surface area contributed by atoms with Crippen LogP contribution in [0.25, 0.3) is 0 Å². The molecule has 0 spiro atoms. The van der Waals surface area contributed by atoms with Crippen molar-refractivity contribution < 1.29 is 9.16 Å². The second kappa shape index (κ2) is 5.73. The van der Waals surface area contributed by atoms with Gasteiger partial charge in [-0.15, -0.1) is 0 Å². The summed E-state index contributed by atoms with van der Waals surface area (Å²) < 4.78 is 12.6. The van der Waals surface area contributed by atoms with Gasteiger partial charge in [-0.1, -0.05) is 0 Å². The fourth-order valence-electron chi connectivity index (χ4n) is 0.695. The zero-order chi connectivity index (χ0) is 10.5. The van der Waals surface area contributed by atoms with Crippen LogP contribution in [0.2, 0.25) is 25.5 Å². The predicted octanol–water partition coefficient (Wildman–Crippen LogP) is 2.82. The first kappa shape index (κ1) is 13.1. The van der Waals surface area contributed by atoms with Gasteiger partial charge in [0.25, 0.3) is 0 Å². The molecule has 0 saturated carbocycles.